The number of primary amides is 1. The number of carbonyl (C=O) groups excluding carboxylic acids is 1. The molecular formula is C17H27N3O. The van der Waals surface area contributed by atoms with Crippen molar-refractivity contribution in [2.24, 2.45) is 11.7 Å². The molecule has 1 aromatic carbocycles. The second-order valence-electron chi connectivity index (χ2n) is 6.45. The Hall–Kier alpha value is -1.55. The molecule has 4 nitrogen and oxygen atoms in total. The predicted molar refractivity (Wildman–Crippen MR) is 87.3 cm³/mol. The third kappa shape index (κ3) is 5.38. The van der Waals surface area contributed by atoms with E-state index in [1.165, 1.54) is 32.5 Å². The molecule has 0 aromatic heterocycles. The third-order valence-electron chi connectivity index (χ3n) is 3.91. The molecule has 0 saturated carbocycles. The van der Waals surface area contributed by atoms with E-state index in [0.717, 1.165) is 17.2 Å². The standard InChI is InChI=1S/C17H27N3O/c1-13(2)12-20-9-7-16(8-10-20)19-15-5-3-14(4-6-15)11-17(18)21/h3-6,13,16,19H,7-12H2,1-2H3,(H2,18,21). The van der Waals surface area contributed by atoms with Crippen molar-refractivity contribution in [1.29, 1.82) is 0 Å². The number of carbonyl (C=O) groups is 1. The summed E-state index contributed by atoms with van der Waals surface area (Å²) in [6.45, 7) is 8.11. The summed E-state index contributed by atoms with van der Waals surface area (Å²) in [7, 11) is 0. The molecule has 0 radical (unpaired) electrons. The van der Waals surface area contributed by atoms with Gasteiger partial charge in [0.25, 0.3) is 0 Å². The molecule has 0 atom stereocenters. The molecule has 1 amide bonds. The van der Waals surface area contributed by atoms with Crippen LogP contribution >= 0.6 is 0 Å². The Morgan fingerprint density at radius 2 is 1.90 bits per heavy atom. The summed E-state index contributed by atoms with van der Waals surface area (Å²) in [4.78, 5) is 13.4. The van der Waals surface area contributed by atoms with Gasteiger partial charge in [-0.25, -0.2) is 0 Å². The van der Waals surface area contributed by atoms with Crippen molar-refractivity contribution in [1.82, 2.24) is 4.90 Å². The molecule has 1 aliphatic rings. The number of benzene rings is 1. The predicted octanol–water partition coefficient (Wildman–Crippen LogP) is 2.25. The molecule has 1 aromatic rings. The monoisotopic (exact) mass is 289 g/mol. The minimum Gasteiger partial charge on any atom is -0.382 e. The average Bonchev–Trinajstić information content (AvgIpc) is 2.42. The van der Waals surface area contributed by atoms with Gasteiger partial charge in [-0.1, -0.05) is 26.0 Å². The maximum absolute atomic E-state index is 10.9. The van der Waals surface area contributed by atoms with E-state index in [1.54, 1.807) is 0 Å². The number of nitrogens with zero attached hydrogens (tertiary/aromatic N) is 1. The highest BCUT2D eigenvalue weighted by molar-refractivity contribution is 5.76. The highest BCUT2D eigenvalue weighted by Crippen LogP contribution is 2.18. The summed E-state index contributed by atoms with van der Waals surface area (Å²) in [6.07, 6.45) is 2.69. The van der Waals surface area contributed by atoms with Gasteiger partial charge in [0.2, 0.25) is 5.91 Å². The van der Waals surface area contributed by atoms with E-state index in [0.29, 0.717) is 12.5 Å². The van der Waals surface area contributed by atoms with Gasteiger partial charge in [0.05, 0.1) is 6.42 Å². The van der Waals surface area contributed by atoms with Crippen LogP contribution in [0.3, 0.4) is 0 Å². The van der Waals surface area contributed by atoms with Gasteiger partial charge in [0.1, 0.15) is 0 Å². The summed E-state index contributed by atoms with van der Waals surface area (Å²) in [5, 5.41) is 3.59. The molecule has 116 valence electrons. The highest BCUT2D eigenvalue weighted by Gasteiger charge is 2.19. The molecule has 4 heteroatoms. The van der Waals surface area contributed by atoms with E-state index in [2.05, 4.69) is 24.1 Å². The minimum atomic E-state index is -0.284. The maximum Gasteiger partial charge on any atom is 0.221 e. The van der Waals surface area contributed by atoms with Crippen molar-refractivity contribution >= 4 is 11.6 Å². The van der Waals surface area contributed by atoms with Gasteiger partial charge in [-0.05, 0) is 36.5 Å². The zero-order valence-corrected chi connectivity index (χ0v) is 13.1. The number of rotatable bonds is 6. The van der Waals surface area contributed by atoms with Crippen molar-refractivity contribution in [2.75, 3.05) is 25.0 Å². The molecule has 1 aliphatic heterocycles. The van der Waals surface area contributed by atoms with Gasteiger partial charge in [0, 0.05) is 31.4 Å². The normalized spacial score (nSPS) is 17.1. The first-order chi connectivity index (χ1) is 10.0. The van der Waals surface area contributed by atoms with Crippen LogP contribution in [-0.2, 0) is 11.2 Å². The molecule has 1 saturated heterocycles. The fourth-order valence-corrected chi connectivity index (χ4v) is 2.93. The Morgan fingerprint density at radius 1 is 1.29 bits per heavy atom. The van der Waals surface area contributed by atoms with Crippen molar-refractivity contribution in [2.45, 2.75) is 39.2 Å². The fraction of sp³-hybridized carbons (Fsp3) is 0.588. The number of nitrogens with two attached hydrogens (primary N) is 1. The van der Waals surface area contributed by atoms with E-state index in [9.17, 15) is 4.79 Å². The number of hydrogen-bond acceptors (Lipinski definition) is 3. The molecule has 2 rings (SSSR count). The van der Waals surface area contributed by atoms with Crippen LogP contribution in [0.15, 0.2) is 24.3 Å². The van der Waals surface area contributed by atoms with Crippen molar-refractivity contribution in [3.63, 3.8) is 0 Å². The van der Waals surface area contributed by atoms with Gasteiger partial charge < -0.3 is 16.0 Å². The van der Waals surface area contributed by atoms with Crippen LogP contribution in [0.1, 0.15) is 32.3 Å². The molecule has 0 spiro atoms. The number of amides is 1. The van der Waals surface area contributed by atoms with Crippen LogP contribution in [0.25, 0.3) is 0 Å². The first kappa shape index (κ1) is 15.8. The quantitative estimate of drug-likeness (QED) is 0.844. The SMILES string of the molecule is CC(C)CN1CCC(Nc2ccc(CC(N)=O)cc2)CC1. The van der Waals surface area contributed by atoms with Crippen molar-refractivity contribution < 1.29 is 4.79 Å². The van der Waals surface area contributed by atoms with Crippen LogP contribution in [0.4, 0.5) is 5.69 Å². The second-order valence-corrected chi connectivity index (χ2v) is 6.45. The molecule has 0 bridgehead atoms. The topological polar surface area (TPSA) is 58.4 Å². The van der Waals surface area contributed by atoms with Gasteiger partial charge in [-0.2, -0.15) is 0 Å². The van der Waals surface area contributed by atoms with Gasteiger partial charge >= 0.3 is 0 Å². The smallest absolute Gasteiger partial charge is 0.221 e. The summed E-state index contributed by atoms with van der Waals surface area (Å²) < 4.78 is 0. The zero-order chi connectivity index (χ0) is 15.2. The van der Waals surface area contributed by atoms with E-state index in [4.69, 9.17) is 5.73 Å². The Kier molecular flexibility index (Phi) is 5.62. The van der Waals surface area contributed by atoms with Crippen molar-refractivity contribution in [3.05, 3.63) is 29.8 Å². The Morgan fingerprint density at radius 3 is 2.43 bits per heavy atom. The summed E-state index contributed by atoms with van der Waals surface area (Å²) >= 11 is 0. The number of nitrogens with one attached hydrogen (secondary N) is 1. The largest absolute Gasteiger partial charge is 0.382 e. The minimum absolute atomic E-state index is 0.284. The molecule has 0 unspecified atom stereocenters. The maximum atomic E-state index is 10.9. The molecule has 21 heavy (non-hydrogen) atoms. The second kappa shape index (κ2) is 7.46. The lowest BCUT2D eigenvalue weighted by Crippen LogP contribution is -2.40. The van der Waals surface area contributed by atoms with Crippen LogP contribution in [0.2, 0.25) is 0 Å². The highest BCUT2D eigenvalue weighted by atomic mass is 16.1. The lowest BCUT2D eigenvalue weighted by molar-refractivity contribution is -0.117. The first-order valence-electron chi connectivity index (χ1n) is 7.89. The van der Waals surface area contributed by atoms with Gasteiger partial charge in [-0.15, -0.1) is 0 Å². The summed E-state index contributed by atoms with van der Waals surface area (Å²) in [5.74, 6) is 0.459. The van der Waals surface area contributed by atoms with Crippen molar-refractivity contribution in [3.8, 4) is 0 Å². The zero-order valence-electron chi connectivity index (χ0n) is 13.1. The fourth-order valence-electron chi connectivity index (χ4n) is 2.93. The van der Waals surface area contributed by atoms with Gasteiger partial charge in [-0.3, -0.25) is 4.79 Å². The summed E-state index contributed by atoms with van der Waals surface area (Å²) in [6, 6.07) is 8.58. The third-order valence-corrected chi connectivity index (χ3v) is 3.91. The molecule has 1 fully saturated rings. The van der Waals surface area contributed by atoms with Crippen LogP contribution in [0, 0.1) is 5.92 Å². The number of hydrogen-bond donors (Lipinski definition) is 2. The lowest BCUT2D eigenvalue weighted by atomic mass is 10.0. The number of likely N-dealkylation sites (tertiary alicyclic amines) is 1. The van der Waals surface area contributed by atoms with E-state index < -0.39 is 0 Å². The summed E-state index contributed by atoms with van der Waals surface area (Å²) in [5.41, 5.74) is 7.30. The molecule has 3 N–H and O–H groups in total. The number of piperidine rings is 1. The van der Waals surface area contributed by atoms with Gasteiger partial charge in [0.15, 0.2) is 0 Å². The van der Waals surface area contributed by atoms with E-state index >= 15 is 0 Å². The average molecular weight is 289 g/mol. The lowest BCUT2D eigenvalue weighted by Gasteiger charge is -2.33. The Labute approximate surface area is 127 Å². The number of anilines is 1. The van der Waals surface area contributed by atoms with Crippen LogP contribution in [0.5, 0.6) is 0 Å². The molecule has 1 heterocycles. The Bertz CT molecular complexity index is 448. The van der Waals surface area contributed by atoms with Crippen LogP contribution < -0.4 is 11.1 Å². The van der Waals surface area contributed by atoms with E-state index in [1.807, 2.05) is 24.3 Å². The Balaban J connectivity index is 1.79. The first-order valence-corrected chi connectivity index (χ1v) is 7.89. The van der Waals surface area contributed by atoms with E-state index in [-0.39, 0.29) is 5.91 Å². The molecular weight excluding hydrogens is 262 g/mol. The van der Waals surface area contributed by atoms with Crippen LogP contribution in [-0.4, -0.2) is 36.5 Å². The molecule has 0 aliphatic carbocycles.